The number of amides is 2. The van der Waals surface area contributed by atoms with Gasteiger partial charge in [0.25, 0.3) is 0 Å². The Balaban J connectivity index is 1.79. The van der Waals surface area contributed by atoms with Crippen molar-refractivity contribution in [3.8, 4) is 0 Å². The summed E-state index contributed by atoms with van der Waals surface area (Å²) in [5.74, 6) is 0.796. The van der Waals surface area contributed by atoms with Gasteiger partial charge in [-0.2, -0.15) is 0 Å². The number of rotatable bonds is 6. The van der Waals surface area contributed by atoms with Gasteiger partial charge in [-0.05, 0) is 37.0 Å². The summed E-state index contributed by atoms with van der Waals surface area (Å²) in [6.07, 6.45) is 9.83. The first-order chi connectivity index (χ1) is 11.4. The molecule has 0 radical (unpaired) electrons. The molecule has 0 aromatic heterocycles. The van der Waals surface area contributed by atoms with Crippen molar-refractivity contribution in [2.75, 3.05) is 18.1 Å². The molecule has 2 amide bonds. The number of anilines is 1. The van der Waals surface area contributed by atoms with Gasteiger partial charge in [0.1, 0.15) is 0 Å². The highest BCUT2D eigenvalue weighted by molar-refractivity contribution is 7.90. The minimum atomic E-state index is -3.34. The van der Waals surface area contributed by atoms with Crippen LogP contribution in [0.3, 0.4) is 0 Å². The van der Waals surface area contributed by atoms with Gasteiger partial charge in [-0.1, -0.05) is 43.7 Å². The van der Waals surface area contributed by atoms with Crippen molar-refractivity contribution >= 4 is 33.2 Å². The Morgan fingerprint density at radius 1 is 1.25 bits per heavy atom. The maximum atomic E-state index is 11.9. The van der Waals surface area contributed by atoms with E-state index in [0.717, 1.165) is 25.0 Å². The SMILES string of the molecule is CS(=O)(=O)c1ccc(Cl)c(NC(=O)NCCCC2CCCCC2)c1. The molecule has 1 aliphatic rings. The van der Waals surface area contributed by atoms with Crippen molar-refractivity contribution < 1.29 is 13.2 Å². The summed E-state index contributed by atoms with van der Waals surface area (Å²) >= 11 is 6.02. The van der Waals surface area contributed by atoms with Gasteiger partial charge in [-0.25, -0.2) is 13.2 Å². The van der Waals surface area contributed by atoms with Crippen molar-refractivity contribution in [1.82, 2.24) is 5.32 Å². The van der Waals surface area contributed by atoms with Gasteiger partial charge >= 0.3 is 6.03 Å². The fourth-order valence-electron chi connectivity index (χ4n) is 3.07. The molecule has 2 N–H and O–H groups in total. The fraction of sp³-hybridized carbons (Fsp3) is 0.588. The molecule has 1 saturated carbocycles. The zero-order valence-corrected chi connectivity index (χ0v) is 15.5. The summed E-state index contributed by atoms with van der Waals surface area (Å²) < 4.78 is 23.1. The van der Waals surface area contributed by atoms with E-state index in [2.05, 4.69) is 10.6 Å². The summed E-state index contributed by atoms with van der Waals surface area (Å²) in [4.78, 5) is 12.1. The fourth-order valence-corrected chi connectivity index (χ4v) is 3.88. The number of hydrogen-bond donors (Lipinski definition) is 2. The molecule has 1 aromatic rings. The first kappa shape index (κ1) is 19.1. The summed E-state index contributed by atoms with van der Waals surface area (Å²) in [5.41, 5.74) is 0.296. The van der Waals surface area contributed by atoms with E-state index in [1.165, 1.54) is 50.3 Å². The molecule has 1 aromatic carbocycles. The number of carbonyl (C=O) groups excluding carboxylic acids is 1. The maximum Gasteiger partial charge on any atom is 0.319 e. The summed E-state index contributed by atoms with van der Waals surface area (Å²) in [6.45, 7) is 0.603. The second kappa shape index (κ2) is 8.72. The predicted molar refractivity (Wildman–Crippen MR) is 97.4 cm³/mol. The van der Waals surface area contributed by atoms with E-state index in [1.54, 1.807) is 0 Å². The van der Waals surface area contributed by atoms with Crippen LogP contribution in [0.4, 0.5) is 10.5 Å². The van der Waals surface area contributed by atoms with Crippen molar-refractivity contribution in [2.24, 2.45) is 5.92 Å². The molecule has 0 saturated heterocycles. The molecule has 134 valence electrons. The Hall–Kier alpha value is -1.27. The van der Waals surface area contributed by atoms with E-state index in [4.69, 9.17) is 11.6 Å². The Kier molecular flexibility index (Phi) is 6.92. The van der Waals surface area contributed by atoms with Gasteiger partial charge in [0.05, 0.1) is 15.6 Å². The molecule has 2 rings (SSSR count). The molecule has 0 unspecified atom stereocenters. The minimum Gasteiger partial charge on any atom is -0.338 e. The molecule has 0 aliphatic heterocycles. The number of benzene rings is 1. The Bertz CT molecular complexity index is 670. The Morgan fingerprint density at radius 3 is 2.62 bits per heavy atom. The predicted octanol–water partition coefficient (Wildman–Crippen LogP) is 4.23. The zero-order chi connectivity index (χ0) is 17.6. The maximum absolute atomic E-state index is 11.9. The molecule has 24 heavy (non-hydrogen) atoms. The third kappa shape index (κ3) is 5.98. The quantitative estimate of drug-likeness (QED) is 0.734. The largest absolute Gasteiger partial charge is 0.338 e. The van der Waals surface area contributed by atoms with Gasteiger partial charge < -0.3 is 10.6 Å². The highest BCUT2D eigenvalue weighted by Gasteiger charge is 2.14. The van der Waals surface area contributed by atoms with E-state index >= 15 is 0 Å². The first-order valence-electron chi connectivity index (χ1n) is 8.41. The summed E-state index contributed by atoms with van der Waals surface area (Å²) in [7, 11) is -3.34. The van der Waals surface area contributed by atoms with Gasteiger partial charge in [0, 0.05) is 12.8 Å². The molecule has 0 bridgehead atoms. The Morgan fingerprint density at radius 2 is 1.96 bits per heavy atom. The van der Waals surface area contributed by atoms with Gasteiger partial charge in [-0.3, -0.25) is 0 Å². The van der Waals surface area contributed by atoms with Gasteiger partial charge in [-0.15, -0.1) is 0 Å². The van der Waals surface area contributed by atoms with E-state index in [1.807, 2.05) is 0 Å². The molecule has 5 nitrogen and oxygen atoms in total. The second-order valence-corrected chi connectivity index (χ2v) is 8.86. The summed E-state index contributed by atoms with van der Waals surface area (Å²) in [5, 5.41) is 5.72. The highest BCUT2D eigenvalue weighted by atomic mass is 35.5. The normalized spacial score (nSPS) is 15.9. The second-order valence-electron chi connectivity index (χ2n) is 6.44. The molecule has 0 atom stereocenters. The van der Waals surface area contributed by atoms with E-state index < -0.39 is 9.84 Å². The number of urea groups is 1. The van der Waals surface area contributed by atoms with Crippen molar-refractivity contribution in [3.63, 3.8) is 0 Å². The molecule has 1 fully saturated rings. The van der Waals surface area contributed by atoms with Crippen LogP contribution in [0.15, 0.2) is 23.1 Å². The van der Waals surface area contributed by atoms with E-state index in [0.29, 0.717) is 17.3 Å². The van der Waals surface area contributed by atoms with E-state index in [9.17, 15) is 13.2 Å². The molecule has 7 heteroatoms. The molecule has 1 aliphatic carbocycles. The lowest BCUT2D eigenvalue weighted by Gasteiger charge is -2.21. The molecular formula is C17H25ClN2O3S. The number of hydrogen-bond acceptors (Lipinski definition) is 3. The van der Waals surface area contributed by atoms with Crippen LogP contribution in [-0.2, 0) is 9.84 Å². The zero-order valence-electron chi connectivity index (χ0n) is 14.0. The van der Waals surface area contributed by atoms with Crippen molar-refractivity contribution in [2.45, 2.75) is 49.8 Å². The van der Waals surface area contributed by atoms with Crippen molar-refractivity contribution in [1.29, 1.82) is 0 Å². The monoisotopic (exact) mass is 372 g/mol. The van der Waals surface area contributed by atoms with E-state index in [-0.39, 0.29) is 10.9 Å². The smallest absolute Gasteiger partial charge is 0.319 e. The lowest BCUT2D eigenvalue weighted by atomic mass is 9.86. The topological polar surface area (TPSA) is 75.3 Å². The first-order valence-corrected chi connectivity index (χ1v) is 10.7. The number of sulfone groups is 1. The van der Waals surface area contributed by atoms with Crippen LogP contribution in [0.5, 0.6) is 0 Å². The third-order valence-electron chi connectivity index (χ3n) is 4.41. The number of carbonyl (C=O) groups is 1. The van der Waals surface area contributed by atoms with Gasteiger partial charge in [0.15, 0.2) is 9.84 Å². The van der Waals surface area contributed by atoms with Crippen LogP contribution < -0.4 is 10.6 Å². The lowest BCUT2D eigenvalue weighted by Crippen LogP contribution is -2.30. The van der Waals surface area contributed by atoms with Crippen molar-refractivity contribution in [3.05, 3.63) is 23.2 Å². The number of halogens is 1. The third-order valence-corrected chi connectivity index (χ3v) is 5.85. The van der Waals surface area contributed by atoms with Crippen LogP contribution in [0.2, 0.25) is 5.02 Å². The number of nitrogens with one attached hydrogen (secondary N) is 2. The summed E-state index contributed by atoms with van der Waals surface area (Å²) in [6, 6.07) is 3.90. The van der Waals surface area contributed by atoms with Crippen LogP contribution >= 0.6 is 11.6 Å². The average Bonchev–Trinajstić information content (AvgIpc) is 2.53. The minimum absolute atomic E-state index is 0.125. The molecule has 0 spiro atoms. The lowest BCUT2D eigenvalue weighted by molar-refractivity contribution is 0.251. The Labute approximate surface area is 149 Å². The van der Waals surface area contributed by atoms with Gasteiger partial charge in [0.2, 0.25) is 0 Å². The van der Waals surface area contributed by atoms with Crippen LogP contribution in [-0.4, -0.2) is 27.2 Å². The molecule has 0 heterocycles. The average molecular weight is 373 g/mol. The standard InChI is InChI=1S/C17H25ClN2O3S/c1-24(22,23)14-9-10-15(18)16(12-14)20-17(21)19-11-5-8-13-6-3-2-4-7-13/h9-10,12-13H,2-8,11H2,1H3,(H2,19,20,21). The van der Waals surface area contributed by atoms with Crippen LogP contribution in [0, 0.1) is 5.92 Å². The highest BCUT2D eigenvalue weighted by Crippen LogP contribution is 2.27. The van der Waals surface area contributed by atoms with Crippen LogP contribution in [0.1, 0.15) is 44.9 Å². The molecular weight excluding hydrogens is 348 g/mol. The van der Waals surface area contributed by atoms with Crippen LogP contribution in [0.25, 0.3) is 0 Å².